The van der Waals surface area contributed by atoms with Crippen LogP contribution in [0.2, 0.25) is 0 Å². The number of hydrogen-bond acceptors (Lipinski definition) is 6. The molecule has 5 nitrogen and oxygen atoms in total. The Hall–Kier alpha value is -1.60. The fraction of sp³-hybridized carbons (Fsp3) is 0.526. The number of hydrogen-bond donors (Lipinski definition) is 1. The number of nitrogens with zero attached hydrogens (tertiary/aromatic N) is 2. The molecule has 1 aliphatic rings. The van der Waals surface area contributed by atoms with Crippen molar-refractivity contribution in [2.75, 3.05) is 5.32 Å². The highest BCUT2D eigenvalue weighted by molar-refractivity contribution is 7.99. The SMILES string of the molecule is Cc1cnc(NC(=O)Cc2cc(OC3CCCC3)cc(SC(C)C)n2)s1. The van der Waals surface area contributed by atoms with Gasteiger partial charge in [0.15, 0.2) is 5.13 Å². The number of ether oxygens (including phenoxy) is 1. The molecule has 2 heterocycles. The number of nitrogens with one attached hydrogen (secondary N) is 1. The fourth-order valence-corrected chi connectivity index (χ4v) is 4.45. The minimum Gasteiger partial charge on any atom is -0.490 e. The molecule has 1 amide bonds. The number of thiazole rings is 1. The van der Waals surface area contributed by atoms with Crippen molar-refractivity contribution >= 4 is 34.1 Å². The van der Waals surface area contributed by atoms with Gasteiger partial charge in [0.25, 0.3) is 0 Å². The Morgan fingerprint density at radius 1 is 1.38 bits per heavy atom. The van der Waals surface area contributed by atoms with Gasteiger partial charge < -0.3 is 10.1 Å². The van der Waals surface area contributed by atoms with Gasteiger partial charge in [-0.1, -0.05) is 13.8 Å². The third kappa shape index (κ3) is 5.71. The zero-order chi connectivity index (χ0) is 18.5. The minimum absolute atomic E-state index is 0.106. The summed E-state index contributed by atoms with van der Waals surface area (Å²) in [6.45, 7) is 6.23. The van der Waals surface area contributed by atoms with Gasteiger partial charge in [-0.25, -0.2) is 9.97 Å². The minimum atomic E-state index is -0.106. The van der Waals surface area contributed by atoms with Crippen LogP contribution in [0.25, 0.3) is 0 Å². The second-order valence-corrected chi connectivity index (χ2v) is 9.66. The van der Waals surface area contributed by atoms with Crippen LogP contribution in [0.1, 0.15) is 50.1 Å². The number of anilines is 1. The van der Waals surface area contributed by atoms with E-state index >= 15 is 0 Å². The second kappa shape index (κ2) is 8.86. The van der Waals surface area contributed by atoms with E-state index in [0.29, 0.717) is 10.4 Å². The van der Waals surface area contributed by atoms with Crippen molar-refractivity contribution in [3.05, 3.63) is 28.9 Å². The third-order valence-corrected chi connectivity index (χ3v) is 5.75. The Kier molecular flexibility index (Phi) is 6.53. The molecule has 0 saturated heterocycles. The molecule has 1 saturated carbocycles. The lowest BCUT2D eigenvalue weighted by Gasteiger charge is -2.15. The molecular weight excluding hydrogens is 366 g/mol. The lowest BCUT2D eigenvalue weighted by Crippen LogP contribution is -2.16. The van der Waals surface area contributed by atoms with Crippen LogP contribution >= 0.6 is 23.1 Å². The average molecular weight is 392 g/mol. The summed E-state index contributed by atoms with van der Waals surface area (Å²) in [5, 5.41) is 4.80. The fourth-order valence-electron chi connectivity index (χ4n) is 2.93. The van der Waals surface area contributed by atoms with Crippen LogP contribution in [0.5, 0.6) is 5.75 Å². The first kappa shape index (κ1) is 19.2. The molecule has 0 atom stereocenters. The zero-order valence-corrected chi connectivity index (χ0v) is 17.1. The number of carbonyl (C=O) groups excluding carboxylic acids is 1. The van der Waals surface area contributed by atoms with Crippen LogP contribution in [-0.2, 0) is 11.2 Å². The van der Waals surface area contributed by atoms with E-state index < -0.39 is 0 Å². The molecular formula is C19H25N3O2S2. The summed E-state index contributed by atoms with van der Waals surface area (Å²) >= 11 is 3.16. The zero-order valence-electron chi connectivity index (χ0n) is 15.4. The summed E-state index contributed by atoms with van der Waals surface area (Å²) in [5.41, 5.74) is 0.731. The van der Waals surface area contributed by atoms with Crippen molar-refractivity contribution in [1.29, 1.82) is 0 Å². The van der Waals surface area contributed by atoms with Crippen molar-refractivity contribution in [2.24, 2.45) is 0 Å². The number of amides is 1. The van der Waals surface area contributed by atoms with E-state index in [9.17, 15) is 4.79 Å². The van der Waals surface area contributed by atoms with E-state index in [1.54, 1.807) is 18.0 Å². The lowest BCUT2D eigenvalue weighted by atomic mass is 10.2. The topological polar surface area (TPSA) is 64.1 Å². The van der Waals surface area contributed by atoms with Crippen LogP contribution in [-0.4, -0.2) is 27.2 Å². The number of thioether (sulfide) groups is 1. The van der Waals surface area contributed by atoms with Gasteiger partial charge in [0.05, 0.1) is 18.2 Å². The number of aromatic nitrogens is 2. The van der Waals surface area contributed by atoms with Gasteiger partial charge in [-0.2, -0.15) is 0 Å². The Morgan fingerprint density at radius 2 is 2.15 bits per heavy atom. The number of carbonyl (C=O) groups is 1. The molecule has 140 valence electrons. The van der Waals surface area contributed by atoms with E-state index in [4.69, 9.17) is 4.74 Å². The van der Waals surface area contributed by atoms with Crippen LogP contribution < -0.4 is 10.1 Å². The Balaban J connectivity index is 1.71. The largest absolute Gasteiger partial charge is 0.490 e. The molecule has 0 unspecified atom stereocenters. The maximum absolute atomic E-state index is 12.3. The maximum Gasteiger partial charge on any atom is 0.232 e. The quantitative estimate of drug-likeness (QED) is 0.684. The molecule has 1 N–H and O–H groups in total. The summed E-state index contributed by atoms with van der Waals surface area (Å²) in [4.78, 5) is 22.2. The Labute approximate surface area is 163 Å². The molecule has 0 aromatic carbocycles. The molecule has 26 heavy (non-hydrogen) atoms. The summed E-state index contributed by atoms with van der Waals surface area (Å²) in [6, 6.07) is 3.89. The molecule has 2 aromatic heterocycles. The van der Waals surface area contributed by atoms with Crippen molar-refractivity contribution < 1.29 is 9.53 Å². The van der Waals surface area contributed by atoms with Crippen LogP contribution in [0.3, 0.4) is 0 Å². The van der Waals surface area contributed by atoms with E-state index in [1.807, 2.05) is 19.1 Å². The highest BCUT2D eigenvalue weighted by atomic mass is 32.2. The molecule has 3 rings (SSSR count). The van der Waals surface area contributed by atoms with Crippen molar-refractivity contribution in [1.82, 2.24) is 9.97 Å². The van der Waals surface area contributed by atoms with Gasteiger partial charge in [-0.15, -0.1) is 23.1 Å². The molecule has 0 aliphatic heterocycles. The first-order valence-electron chi connectivity index (χ1n) is 9.04. The Bertz CT molecular complexity index is 755. The Morgan fingerprint density at radius 3 is 2.81 bits per heavy atom. The lowest BCUT2D eigenvalue weighted by molar-refractivity contribution is -0.115. The van der Waals surface area contributed by atoms with Gasteiger partial charge >= 0.3 is 0 Å². The van der Waals surface area contributed by atoms with Crippen molar-refractivity contribution in [2.45, 2.75) is 69.3 Å². The summed E-state index contributed by atoms with van der Waals surface area (Å²) < 4.78 is 6.15. The first-order valence-corrected chi connectivity index (χ1v) is 10.7. The van der Waals surface area contributed by atoms with Crippen molar-refractivity contribution in [3.8, 4) is 5.75 Å². The van der Waals surface area contributed by atoms with E-state index in [0.717, 1.165) is 34.2 Å². The summed E-state index contributed by atoms with van der Waals surface area (Å²) in [6.07, 6.45) is 6.92. The standard InChI is InChI=1S/C19H25N3O2S2/c1-12(2)25-18-10-16(24-15-6-4-5-7-15)8-14(21-18)9-17(23)22-19-20-11-13(3)26-19/h8,10-12,15H,4-7,9H2,1-3H3,(H,20,22,23). The molecule has 0 spiro atoms. The second-order valence-electron chi connectivity index (χ2n) is 6.82. The predicted octanol–water partition coefficient (Wildman–Crippen LogP) is 4.85. The van der Waals surface area contributed by atoms with E-state index in [1.165, 1.54) is 24.2 Å². The maximum atomic E-state index is 12.3. The van der Waals surface area contributed by atoms with Crippen molar-refractivity contribution in [3.63, 3.8) is 0 Å². The molecule has 7 heteroatoms. The number of pyridine rings is 1. The first-order chi connectivity index (χ1) is 12.5. The monoisotopic (exact) mass is 391 g/mol. The van der Waals surface area contributed by atoms with Gasteiger partial charge in [-0.3, -0.25) is 4.79 Å². The molecule has 2 aromatic rings. The number of rotatable bonds is 7. The molecule has 0 bridgehead atoms. The van der Waals surface area contributed by atoms with E-state index in [2.05, 4.69) is 29.1 Å². The normalized spacial score (nSPS) is 14.8. The van der Waals surface area contributed by atoms with Gasteiger partial charge in [0.1, 0.15) is 10.8 Å². The van der Waals surface area contributed by atoms with E-state index in [-0.39, 0.29) is 18.4 Å². The average Bonchev–Trinajstić information content (AvgIpc) is 3.18. The van der Waals surface area contributed by atoms with Gasteiger partial charge in [0.2, 0.25) is 5.91 Å². The molecule has 1 aliphatic carbocycles. The predicted molar refractivity (Wildman–Crippen MR) is 107 cm³/mol. The van der Waals surface area contributed by atoms with Crippen LogP contribution in [0.15, 0.2) is 23.4 Å². The smallest absolute Gasteiger partial charge is 0.232 e. The van der Waals surface area contributed by atoms with Crippen LogP contribution in [0.4, 0.5) is 5.13 Å². The molecule has 1 fully saturated rings. The highest BCUT2D eigenvalue weighted by Crippen LogP contribution is 2.29. The van der Waals surface area contributed by atoms with Gasteiger partial charge in [0, 0.05) is 28.5 Å². The van der Waals surface area contributed by atoms with Crippen LogP contribution in [0, 0.1) is 6.92 Å². The molecule has 0 radical (unpaired) electrons. The highest BCUT2D eigenvalue weighted by Gasteiger charge is 2.18. The number of aryl methyl sites for hydroxylation is 1. The summed E-state index contributed by atoms with van der Waals surface area (Å²) in [7, 11) is 0. The summed E-state index contributed by atoms with van der Waals surface area (Å²) in [5.74, 6) is 0.716. The third-order valence-electron chi connectivity index (χ3n) is 4.00. The van der Waals surface area contributed by atoms with Gasteiger partial charge in [-0.05, 0) is 32.6 Å².